The SMILES string of the molecule is C=CCSC(C)S. The third-order valence-electron chi connectivity index (χ3n) is 0.455. The Balaban J connectivity index is 2.81. The van der Waals surface area contributed by atoms with Crippen molar-refractivity contribution in [3.05, 3.63) is 12.7 Å². The summed E-state index contributed by atoms with van der Waals surface area (Å²) in [4.78, 5) is 0. The Labute approximate surface area is 54.8 Å². The van der Waals surface area contributed by atoms with Gasteiger partial charge in [0.15, 0.2) is 0 Å². The van der Waals surface area contributed by atoms with E-state index < -0.39 is 0 Å². The predicted molar refractivity (Wildman–Crippen MR) is 41.1 cm³/mol. The first-order chi connectivity index (χ1) is 3.27. The zero-order chi connectivity index (χ0) is 5.70. The van der Waals surface area contributed by atoms with E-state index in [-0.39, 0.29) is 0 Å². The molecule has 0 bridgehead atoms. The highest BCUT2D eigenvalue weighted by Gasteiger charge is 1.87. The van der Waals surface area contributed by atoms with Crippen molar-refractivity contribution in [2.24, 2.45) is 0 Å². The van der Waals surface area contributed by atoms with Gasteiger partial charge in [-0.2, -0.15) is 12.6 Å². The lowest BCUT2D eigenvalue weighted by molar-refractivity contribution is 1.43. The van der Waals surface area contributed by atoms with Crippen LogP contribution in [0.4, 0.5) is 0 Å². The zero-order valence-electron chi connectivity index (χ0n) is 4.42. The Morgan fingerprint density at radius 2 is 2.57 bits per heavy atom. The second kappa shape index (κ2) is 4.60. The number of hydrogen-bond acceptors (Lipinski definition) is 2. The van der Waals surface area contributed by atoms with Crippen molar-refractivity contribution in [3.8, 4) is 0 Å². The van der Waals surface area contributed by atoms with Gasteiger partial charge in [0.25, 0.3) is 0 Å². The van der Waals surface area contributed by atoms with Crippen molar-refractivity contribution in [2.45, 2.75) is 11.5 Å². The zero-order valence-corrected chi connectivity index (χ0v) is 6.14. The molecule has 0 aromatic heterocycles. The molecule has 2 heteroatoms. The lowest BCUT2D eigenvalue weighted by Crippen LogP contribution is -1.80. The molecule has 1 unspecified atom stereocenters. The van der Waals surface area contributed by atoms with Gasteiger partial charge in [0.2, 0.25) is 0 Å². The van der Waals surface area contributed by atoms with Gasteiger partial charge in [0.05, 0.1) is 0 Å². The Morgan fingerprint density at radius 1 is 2.00 bits per heavy atom. The van der Waals surface area contributed by atoms with Crippen molar-refractivity contribution in [3.63, 3.8) is 0 Å². The van der Waals surface area contributed by atoms with Crippen LogP contribution in [0.25, 0.3) is 0 Å². The highest BCUT2D eigenvalue weighted by atomic mass is 32.2. The van der Waals surface area contributed by atoms with E-state index in [4.69, 9.17) is 0 Å². The molecule has 0 rings (SSSR count). The fraction of sp³-hybridized carbons (Fsp3) is 0.600. The molecule has 42 valence electrons. The summed E-state index contributed by atoms with van der Waals surface area (Å²) in [6.07, 6.45) is 1.89. The Hall–Kier alpha value is 0.440. The lowest BCUT2D eigenvalue weighted by Gasteiger charge is -1.96. The lowest BCUT2D eigenvalue weighted by atomic mass is 10.8. The van der Waals surface area contributed by atoms with Crippen molar-refractivity contribution in [1.29, 1.82) is 0 Å². The number of rotatable bonds is 3. The molecule has 0 aromatic carbocycles. The molecule has 0 nitrogen and oxygen atoms in total. The van der Waals surface area contributed by atoms with Crippen LogP contribution in [0, 0.1) is 0 Å². The summed E-state index contributed by atoms with van der Waals surface area (Å²) in [6.45, 7) is 5.63. The van der Waals surface area contributed by atoms with E-state index in [1.807, 2.05) is 6.08 Å². The molecule has 0 radical (unpaired) electrons. The first-order valence-electron chi connectivity index (χ1n) is 2.18. The van der Waals surface area contributed by atoms with Crippen LogP contribution in [-0.4, -0.2) is 10.3 Å². The second-order valence-corrected chi connectivity index (χ2v) is 3.72. The van der Waals surface area contributed by atoms with Crippen LogP contribution in [0.15, 0.2) is 12.7 Å². The molecule has 0 fully saturated rings. The second-order valence-electron chi connectivity index (χ2n) is 1.22. The molecule has 0 aromatic rings. The summed E-state index contributed by atoms with van der Waals surface area (Å²) in [5, 5.41) is 0. The number of thiol groups is 1. The molecule has 7 heavy (non-hydrogen) atoms. The molecule has 0 spiro atoms. The third kappa shape index (κ3) is 6.44. The van der Waals surface area contributed by atoms with E-state index in [2.05, 4.69) is 26.1 Å². The molecule has 0 aliphatic carbocycles. The standard InChI is InChI=1S/C5H10S2/c1-3-4-7-5(2)6/h3,5-6H,1,4H2,2H3. The molecular weight excluding hydrogens is 124 g/mol. The molecule has 0 aliphatic rings. The summed E-state index contributed by atoms with van der Waals surface area (Å²) in [5.41, 5.74) is 0. The van der Waals surface area contributed by atoms with Gasteiger partial charge in [0.1, 0.15) is 0 Å². The largest absolute Gasteiger partial charge is 0.165 e. The highest BCUT2D eigenvalue weighted by Crippen LogP contribution is 2.12. The van der Waals surface area contributed by atoms with E-state index in [1.54, 1.807) is 11.8 Å². The van der Waals surface area contributed by atoms with E-state index in [0.717, 1.165) is 5.75 Å². The van der Waals surface area contributed by atoms with Gasteiger partial charge in [-0.3, -0.25) is 0 Å². The number of thioether (sulfide) groups is 1. The van der Waals surface area contributed by atoms with Crippen LogP contribution in [0.3, 0.4) is 0 Å². The van der Waals surface area contributed by atoms with Crippen LogP contribution < -0.4 is 0 Å². The summed E-state index contributed by atoms with van der Waals surface area (Å²) in [6, 6.07) is 0. The Bertz CT molecular complexity index is 50.0. The minimum atomic E-state index is 0.443. The fourth-order valence-electron chi connectivity index (χ4n) is 0.207. The predicted octanol–water partition coefficient (Wildman–Crippen LogP) is 2.18. The summed E-state index contributed by atoms with van der Waals surface area (Å²) >= 11 is 5.92. The highest BCUT2D eigenvalue weighted by molar-refractivity contribution is 8.10. The Kier molecular flexibility index (Phi) is 4.88. The Morgan fingerprint density at radius 3 is 2.71 bits per heavy atom. The van der Waals surface area contributed by atoms with Gasteiger partial charge in [-0.1, -0.05) is 6.08 Å². The normalized spacial score (nSPS) is 13.4. The van der Waals surface area contributed by atoms with Crippen LogP contribution in [0.5, 0.6) is 0 Å². The summed E-state index contributed by atoms with van der Waals surface area (Å²) < 4.78 is 0.443. The van der Waals surface area contributed by atoms with E-state index in [0.29, 0.717) is 4.58 Å². The quantitative estimate of drug-likeness (QED) is 0.351. The molecule has 0 heterocycles. The minimum absolute atomic E-state index is 0.443. The fourth-order valence-corrected chi connectivity index (χ4v) is 0.880. The van der Waals surface area contributed by atoms with Crippen LogP contribution in [0.2, 0.25) is 0 Å². The molecule has 0 saturated carbocycles. The smallest absolute Gasteiger partial charge is 0.0447 e. The molecule has 0 amide bonds. The van der Waals surface area contributed by atoms with Crippen LogP contribution >= 0.6 is 24.4 Å². The number of hydrogen-bond donors (Lipinski definition) is 1. The average molecular weight is 134 g/mol. The molecular formula is C5H10S2. The van der Waals surface area contributed by atoms with Crippen LogP contribution in [-0.2, 0) is 0 Å². The van der Waals surface area contributed by atoms with Crippen molar-refractivity contribution >= 4 is 24.4 Å². The van der Waals surface area contributed by atoms with E-state index >= 15 is 0 Å². The summed E-state index contributed by atoms with van der Waals surface area (Å²) in [5.74, 6) is 1.00. The molecule has 0 saturated heterocycles. The van der Waals surface area contributed by atoms with Gasteiger partial charge in [-0.05, 0) is 6.92 Å². The maximum absolute atomic E-state index is 4.15. The van der Waals surface area contributed by atoms with Gasteiger partial charge in [-0.25, -0.2) is 0 Å². The van der Waals surface area contributed by atoms with Gasteiger partial charge >= 0.3 is 0 Å². The first kappa shape index (κ1) is 7.44. The minimum Gasteiger partial charge on any atom is -0.165 e. The molecule has 0 N–H and O–H groups in total. The maximum Gasteiger partial charge on any atom is 0.0447 e. The first-order valence-corrected chi connectivity index (χ1v) is 3.74. The van der Waals surface area contributed by atoms with E-state index in [9.17, 15) is 0 Å². The molecule has 0 aliphatic heterocycles. The molecule has 1 atom stereocenters. The van der Waals surface area contributed by atoms with Crippen LogP contribution in [0.1, 0.15) is 6.92 Å². The van der Waals surface area contributed by atoms with Gasteiger partial charge < -0.3 is 0 Å². The topological polar surface area (TPSA) is 0 Å². The third-order valence-corrected chi connectivity index (χ3v) is 1.81. The van der Waals surface area contributed by atoms with Gasteiger partial charge in [0, 0.05) is 10.3 Å². The monoisotopic (exact) mass is 134 g/mol. The van der Waals surface area contributed by atoms with Crippen molar-refractivity contribution < 1.29 is 0 Å². The average Bonchev–Trinajstić information content (AvgIpc) is 1.61. The maximum atomic E-state index is 4.15. The van der Waals surface area contributed by atoms with Gasteiger partial charge in [-0.15, -0.1) is 18.3 Å². The van der Waals surface area contributed by atoms with Crippen molar-refractivity contribution in [1.82, 2.24) is 0 Å². The van der Waals surface area contributed by atoms with E-state index in [1.165, 1.54) is 0 Å². The summed E-state index contributed by atoms with van der Waals surface area (Å²) in [7, 11) is 0. The van der Waals surface area contributed by atoms with Crippen molar-refractivity contribution in [2.75, 3.05) is 5.75 Å².